The highest BCUT2D eigenvalue weighted by molar-refractivity contribution is 7.91. The number of carbonyl (C=O) groups excluding carboxylic acids is 1. The monoisotopic (exact) mass is 537 g/mol. The molecule has 1 saturated heterocycles. The molecule has 0 bridgehead atoms. The van der Waals surface area contributed by atoms with Gasteiger partial charge in [0.25, 0.3) is 5.91 Å². The fourth-order valence-corrected chi connectivity index (χ4v) is 4.97. The van der Waals surface area contributed by atoms with Crippen molar-refractivity contribution in [1.29, 1.82) is 0 Å². The van der Waals surface area contributed by atoms with Crippen molar-refractivity contribution in [2.24, 2.45) is 0 Å². The second-order valence-electron chi connectivity index (χ2n) is 10.4. The molecule has 1 fully saturated rings. The Morgan fingerprint density at radius 3 is 2.21 bits per heavy atom. The Labute approximate surface area is 224 Å². The van der Waals surface area contributed by atoms with Crippen molar-refractivity contribution >= 4 is 21.6 Å². The minimum Gasteiger partial charge on any atom is -0.508 e. The van der Waals surface area contributed by atoms with E-state index in [0.29, 0.717) is 5.56 Å². The zero-order valence-electron chi connectivity index (χ0n) is 22.3. The molecule has 0 radical (unpaired) electrons. The number of nitrogens with zero attached hydrogens (tertiary/aromatic N) is 2. The lowest BCUT2D eigenvalue weighted by atomic mass is 10.0. The summed E-state index contributed by atoms with van der Waals surface area (Å²) in [6.45, 7) is 8.79. The van der Waals surface area contributed by atoms with Crippen LogP contribution in [0.3, 0.4) is 0 Å². The number of carbonyl (C=O) groups is 1. The van der Waals surface area contributed by atoms with Gasteiger partial charge in [-0.15, -0.1) is 0 Å². The molecule has 8 nitrogen and oxygen atoms in total. The fourth-order valence-electron chi connectivity index (χ4n) is 4.30. The molecule has 38 heavy (non-hydrogen) atoms. The molecule has 1 aliphatic rings. The highest BCUT2D eigenvalue weighted by Crippen LogP contribution is 2.30. The van der Waals surface area contributed by atoms with E-state index in [2.05, 4.69) is 20.6 Å². The van der Waals surface area contributed by atoms with Crippen molar-refractivity contribution < 1.29 is 23.1 Å². The third-order valence-electron chi connectivity index (χ3n) is 6.76. The van der Waals surface area contributed by atoms with Crippen LogP contribution in [-0.4, -0.2) is 62.4 Å². The predicted octanol–water partition coefficient (Wildman–Crippen LogP) is 4.25. The number of phenols is 1. The standard InChI is InChI=1S/C29H35N3O5S/c1-29(2,3)38(35,36)30-28(34)21-10-12-25(13-11-21)32-16-14-31(15-17-32)20-24-9-8-23(19-27(24)37-4)22-6-5-7-26(33)18-22/h5-13,18-19,33H,14-17,20H2,1-4H3,(H,30,34). The van der Waals surface area contributed by atoms with Crippen LogP contribution in [0.25, 0.3) is 11.1 Å². The van der Waals surface area contributed by atoms with Gasteiger partial charge in [-0.3, -0.25) is 9.69 Å². The molecule has 3 aromatic rings. The topological polar surface area (TPSA) is 99.2 Å². The summed E-state index contributed by atoms with van der Waals surface area (Å²) in [7, 11) is -2.09. The second-order valence-corrected chi connectivity index (χ2v) is 12.9. The fraction of sp³-hybridized carbons (Fsp3) is 0.345. The first kappa shape index (κ1) is 27.5. The number of hydrogen-bond acceptors (Lipinski definition) is 7. The minimum atomic E-state index is -3.77. The van der Waals surface area contributed by atoms with Crippen LogP contribution in [0.4, 0.5) is 5.69 Å². The molecule has 0 aromatic heterocycles. The van der Waals surface area contributed by atoms with Crippen molar-refractivity contribution in [3.63, 3.8) is 0 Å². The maximum Gasteiger partial charge on any atom is 0.264 e. The van der Waals surface area contributed by atoms with Crippen LogP contribution in [0.1, 0.15) is 36.7 Å². The zero-order valence-corrected chi connectivity index (χ0v) is 23.1. The molecule has 0 atom stereocenters. The molecule has 1 heterocycles. The summed E-state index contributed by atoms with van der Waals surface area (Å²) in [5.74, 6) is 0.422. The number of piperazine rings is 1. The summed E-state index contributed by atoms with van der Waals surface area (Å²) in [5.41, 5.74) is 4.32. The number of ether oxygens (including phenoxy) is 1. The molecule has 0 saturated carbocycles. The number of hydrogen-bond donors (Lipinski definition) is 2. The van der Waals surface area contributed by atoms with Crippen LogP contribution in [0.2, 0.25) is 0 Å². The van der Waals surface area contributed by atoms with Gasteiger partial charge in [0.2, 0.25) is 10.0 Å². The molecule has 4 rings (SSSR count). The Hall–Kier alpha value is -3.56. The van der Waals surface area contributed by atoms with Gasteiger partial charge >= 0.3 is 0 Å². The average molecular weight is 538 g/mol. The van der Waals surface area contributed by atoms with Crippen LogP contribution < -0.4 is 14.4 Å². The van der Waals surface area contributed by atoms with Crippen LogP contribution in [-0.2, 0) is 16.6 Å². The number of anilines is 1. The Bertz CT molecular complexity index is 1390. The smallest absolute Gasteiger partial charge is 0.264 e. The summed E-state index contributed by atoms with van der Waals surface area (Å²) < 4.78 is 31.3. The molecular weight excluding hydrogens is 502 g/mol. The highest BCUT2D eigenvalue weighted by Gasteiger charge is 2.31. The largest absolute Gasteiger partial charge is 0.508 e. The number of methoxy groups -OCH3 is 1. The normalized spacial score (nSPS) is 14.8. The number of phenolic OH excluding ortho intramolecular Hbond substituents is 1. The SMILES string of the molecule is COc1cc(-c2cccc(O)c2)ccc1CN1CCN(c2ccc(C(=O)NS(=O)(=O)C(C)(C)C)cc2)CC1. The van der Waals surface area contributed by atoms with Crippen LogP contribution >= 0.6 is 0 Å². The summed E-state index contributed by atoms with van der Waals surface area (Å²) in [5, 5.41) is 9.80. The van der Waals surface area contributed by atoms with Crippen LogP contribution in [0, 0.1) is 0 Å². The van der Waals surface area contributed by atoms with E-state index < -0.39 is 20.7 Å². The summed E-state index contributed by atoms with van der Waals surface area (Å²) in [4.78, 5) is 17.1. The van der Waals surface area contributed by atoms with E-state index in [1.54, 1.807) is 52.1 Å². The second kappa shape index (κ2) is 11.0. The first-order valence-corrected chi connectivity index (χ1v) is 14.1. The first-order valence-electron chi connectivity index (χ1n) is 12.6. The van der Waals surface area contributed by atoms with Crippen molar-refractivity contribution in [3.05, 3.63) is 77.9 Å². The number of rotatable bonds is 7. The maximum absolute atomic E-state index is 12.4. The van der Waals surface area contributed by atoms with Crippen molar-refractivity contribution in [3.8, 4) is 22.6 Å². The third-order valence-corrected chi connectivity index (χ3v) is 8.83. The lowest BCUT2D eigenvalue weighted by Crippen LogP contribution is -2.46. The summed E-state index contributed by atoms with van der Waals surface area (Å²) in [6, 6.07) is 20.3. The molecule has 3 aromatic carbocycles. The molecule has 202 valence electrons. The lowest BCUT2D eigenvalue weighted by molar-refractivity contribution is 0.0980. The lowest BCUT2D eigenvalue weighted by Gasteiger charge is -2.36. The molecule has 1 amide bonds. The van der Waals surface area contributed by atoms with Gasteiger partial charge in [-0.25, -0.2) is 13.1 Å². The average Bonchev–Trinajstić information content (AvgIpc) is 2.88. The van der Waals surface area contributed by atoms with E-state index >= 15 is 0 Å². The number of aromatic hydroxyl groups is 1. The van der Waals surface area contributed by atoms with Gasteiger partial charge in [0.15, 0.2) is 0 Å². The number of amides is 1. The van der Waals surface area contributed by atoms with Gasteiger partial charge in [-0.05, 0) is 74.4 Å². The quantitative estimate of drug-likeness (QED) is 0.465. The molecule has 1 aliphatic heterocycles. The van der Waals surface area contributed by atoms with Gasteiger partial charge in [0, 0.05) is 49.5 Å². The maximum atomic E-state index is 12.4. The van der Waals surface area contributed by atoms with E-state index in [1.165, 1.54) is 0 Å². The minimum absolute atomic E-state index is 0.231. The highest BCUT2D eigenvalue weighted by atomic mass is 32.2. The van der Waals surface area contributed by atoms with Crippen molar-refractivity contribution in [2.45, 2.75) is 32.1 Å². The number of nitrogens with one attached hydrogen (secondary N) is 1. The zero-order chi connectivity index (χ0) is 27.5. The van der Waals surface area contributed by atoms with E-state index in [1.807, 2.05) is 36.4 Å². The Kier molecular flexibility index (Phi) is 7.99. The third kappa shape index (κ3) is 6.28. The predicted molar refractivity (Wildman–Crippen MR) is 150 cm³/mol. The van der Waals surface area contributed by atoms with Gasteiger partial charge in [-0.1, -0.05) is 24.3 Å². The number of benzene rings is 3. The molecule has 0 spiro atoms. The van der Waals surface area contributed by atoms with Crippen molar-refractivity contribution in [1.82, 2.24) is 9.62 Å². The Morgan fingerprint density at radius 1 is 0.947 bits per heavy atom. The molecule has 2 N–H and O–H groups in total. The number of sulfonamides is 1. The molecular formula is C29H35N3O5S. The van der Waals surface area contributed by atoms with Crippen LogP contribution in [0.5, 0.6) is 11.5 Å². The molecule has 9 heteroatoms. The summed E-state index contributed by atoms with van der Waals surface area (Å²) >= 11 is 0. The van der Waals surface area contributed by atoms with E-state index in [9.17, 15) is 18.3 Å². The van der Waals surface area contributed by atoms with Crippen molar-refractivity contribution in [2.75, 3.05) is 38.2 Å². The van der Waals surface area contributed by atoms with Gasteiger partial charge in [0.1, 0.15) is 11.5 Å². The van der Waals surface area contributed by atoms with E-state index in [-0.39, 0.29) is 5.75 Å². The molecule has 0 aliphatic carbocycles. The first-order chi connectivity index (χ1) is 18.0. The Morgan fingerprint density at radius 2 is 1.61 bits per heavy atom. The Balaban J connectivity index is 1.35. The molecule has 0 unspecified atom stereocenters. The van der Waals surface area contributed by atoms with E-state index in [4.69, 9.17) is 4.74 Å². The van der Waals surface area contributed by atoms with Gasteiger partial charge in [-0.2, -0.15) is 0 Å². The van der Waals surface area contributed by atoms with Gasteiger partial charge < -0.3 is 14.7 Å². The van der Waals surface area contributed by atoms with Crippen LogP contribution in [0.15, 0.2) is 66.7 Å². The van der Waals surface area contributed by atoms with E-state index in [0.717, 1.165) is 60.9 Å². The summed E-state index contributed by atoms with van der Waals surface area (Å²) in [6.07, 6.45) is 0. The van der Waals surface area contributed by atoms with Gasteiger partial charge in [0.05, 0.1) is 11.9 Å².